The van der Waals surface area contributed by atoms with Crippen molar-refractivity contribution >= 4 is 19.9 Å². The first kappa shape index (κ1) is 12.5. The van der Waals surface area contributed by atoms with E-state index >= 15 is 0 Å². The summed E-state index contributed by atoms with van der Waals surface area (Å²) in [6.07, 6.45) is 0. The molecule has 0 saturated heterocycles. The molecule has 0 spiro atoms. The Hall–Kier alpha value is 0.467. The first-order valence-electron chi connectivity index (χ1n) is 4.73. The number of hydrogen-bond acceptors (Lipinski definition) is 1. The van der Waals surface area contributed by atoms with Gasteiger partial charge in [0.25, 0.3) is 0 Å². The van der Waals surface area contributed by atoms with Crippen molar-refractivity contribution in [1.82, 2.24) is 0 Å². The second-order valence-corrected chi connectivity index (χ2v) is 9.03. The Morgan fingerprint density at radius 2 is 1.67 bits per heavy atom. The van der Waals surface area contributed by atoms with Gasteiger partial charge in [0, 0.05) is 7.11 Å². The van der Waals surface area contributed by atoms with E-state index in [4.69, 9.17) is 16.0 Å². The largest absolute Gasteiger partial charge is 0.418 e. The van der Waals surface area contributed by atoms with Crippen LogP contribution in [0.5, 0.6) is 0 Å². The molecule has 0 heterocycles. The summed E-state index contributed by atoms with van der Waals surface area (Å²) in [7, 11) is 0.198. The van der Waals surface area contributed by atoms with E-state index in [0.717, 1.165) is 12.1 Å². The van der Waals surface area contributed by atoms with E-state index < -0.39 is 8.32 Å². The van der Waals surface area contributed by atoms with E-state index in [1.165, 1.54) is 0 Å². The minimum Gasteiger partial charge on any atom is -0.418 e. The lowest BCUT2D eigenvalue weighted by Gasteiger charge is -2.34. The van der Waals surface area contributed by atoms with Gasteiger partial charge in [-0.15, -0.1) is 11.6 Å². The summed E-state index contributed by atoms with van der Waals surface area (Å²) in [6, 6.07) is 2.23. The zero-order chi connectivity index (χ0) is 9.78. The zero-order valence-electron chi connectivity index (χ0n) is 8.86. The van der Waals surface area contributed by atoms with E-state index in [2.05, 4.69) is 27.7 Å². The maximum absolute atomic E-state index is 6.38. The van der Waals surface area contributed by atoms with Crippen molar-refractivity contribution in [2.45, 2.75) is 44.8 Å². The molecule has 3 heteroatoms. The summed E-state index contributed by atoms with van der Waals surface area (Å²) >= 11 is 6.38. The molecule has 0 aromatic heterocycles. The number of rotatable bonds is 5. The Labute approximate surface area is 82.6 Å². The van der Waals surface area contributed by atoms with Crippen molar-refractivity contribution in [3.05, 3.63) is 0 Å². The van der Waals surface area contributed by atoms with Crippen molar-refractivity contribution in [1.29, 1.82) is 0 Å². The van der Waals surface area contributed by atoms with Crippen molar-refractivity contribution in [3.63, 3.8) is 0 Å². The van der Waals surface area contributed by atoms with Gasteiger partial charge < -0.3 is 4.43 Å². The molecule has 0 bridgehead atoms. The van der Waals surface area contributed by atoms with Crippen LogP contribution >= 0.6 is 11.6 Å². The Kier molecular flexibility index (Phi) is 5.46. The highest BCUT2D eigenvalue weighted by Gasteiger charge is 2.39. The van der Waals surface area contributed by atoms with Gasteiger partial charge in [0.2, 0.25) is 8.32 Å². The second-order valence-electron chi connectivity index (χ2n) is 3.62. The summed E-state index contributed by atoms with van der Waals surface area (Å²) in [6.45, 7) is 8.72. The molecule has 0 aromatic carbocycles. The standard InChI is InChI=1S/C9H21ClOSi/c1-6-12(7-2,11-5)9(10)8(3)4/h8-9H,6-7H2,1-5H3. The van der Waals surface area contributed by atoms with E-state index in [9.17, 15) is 0 Å². The monoisotopic (exact) mass is 208 g/mol. The maximum atomic E-state index is 6.38. The molecule has 12 heavy (non-hydrogen) atoms. The van der Waals surface area contributed by atoms with Gasteiger partial charge in [0.1, 0.15) is 0 Å². The molecule has 1 nitrogen and oxygen atoms in total. The SMILES string of the molecule is CC[Si](CC)(OC)C(Cl)C(C)C. The summed E-state index contributed by atoms with van der Waals surface area (Å²) in [5.41, 5.74) is 0. The smallest absolute Gasteiger partial charge is 0.209 e. The third-order valence-corrected chi connectivity index (χ3v) is 9.27. The number of halogens is 1. The van der Waals surface area contributed by atoms with Crippen LogP contribution in [0.2, 0.25) is 12.1 Å². The number of hydrogen-bond donors (Lipinski definition) is 0. The average Bonchev–Trinajstić information content (AvgIpc) is 2.08. The molecule has 1 atom stereocenters. The van der Waals surface area contributed by atoms with Crippen LogP contribution in [0.4, 0.5) is 0 Å². The van der Waals surface area contributed by atoms with Gasteiger partial charge in [-0.05, 0) is 18.0 Å². The molecule has 0 saturated carbocycles. The summed E-state index contributed by atoms with van der Waals surface area (Å²) < 4.78 is 5.67. The topological polar surface area (TPSA) is 9.23 Å². The average molecular weight is 209 g/mol. The first-order chi connectivity index (χ1) is 5.54. The van der Waals surface area contributed by atoms with Gasteiger partial charge >= 0.3 is 0 Å². The molecule has 0 amide bonds. The molecule has 0 aliphatic carbocycles. The molecule has 74 valence electrons. The summed E-state index contributed by atoms with van der Waals surface area (Å²) in [4.78, 5) is 0. The predicted molar refractivity (Wildman–Crippen MR) is 58.2 cm³/mol. The Morgan fingerprint density at radius 1 is 1.25 bits per heavy atom. The Morgan fingerprint density at radius 3 is 1.75 bits per heavy atom. The highest BCUT2D eigenvalue weighted by molar-refractivity contribution is 6.81. The van der Waals surface area contributed by atoms with Crippen LogP contribution in [0, 0.1) is 5.92 Å². The highest BCUT2D eigenvalue weighted by atomic mass is 35.5. The van der Waals surface area contributed by atoms with Crippen LogP contribution in [-0.2, 0) is 4.43 Å². The van der Waals surface area contributed by atoms with E-state index in [1.807, 2.05) is 7.11 Å². The van der Waals surface area contributed by atoms with Crippen LogP contribution < -0.4 is 0 Å². The Bertz CT molecular complexity index is 115. The highest BCUT2D eigenvalue weighted by Crippen LogP contribution is 2.29. The molecule has 0 aromatic rings. The maximum Gasteiger partial charge on any atom is 0.209 e. The molecular formula is C9H21ClOSi. The van der Waals surface area contributed by atoms with Crippen LogP contribution in [0.3, 0.4) is 0 Å². The van der Waals surface area contributed by atoms with Crippen LogP contribution in [0.25, 0.3) is 0 Å². The molecule has 1 unspecified atom stereocenters. The minimum atomic E-state index is -1.62. The fourth-order valence-electron chi connectivity index (χ4n) is 1.65. The third kappa shape index (κ3) is 2.48. The third-order valence-electron chi connectivity index (χ3n) is 2.69. The van der Waals surface area contributed by atoms with Crippen LogP contribution in [-0.4, -0.2) is 20.4 Å². The molecule has 0 rings (SSSR count). The van der Waals surface area contributed by atoms with Gasteiger partial charge in [-0.3, -0.25) is 0 Å². The minimum absolute atomic E-state index is 0.248. The quantitative estimate of drug-likeness (QED) is 0.497. The lowest BCUT2D eigenvalue weighted by molar-refractivity contribution is 0.379. The van der Waals surface area contributed by atoms with E-state index in [-0.39, 0.29) is 5.00 Å². The Balaban J connectivity index is 4.46. The van der Waals surface area contributed by atoms with Crippen molar-refractivity contribution in [2.24, 2.45) is 5.92 Å². The molecule has 0 aliphatic heterocycles. The van der Waals surface area contributed by atoms with Gasteiger partial charge in [-0.2, -0.15) is 0 Å². The van der Waals surface area contributed by atoms with Crippen molar-refractivity contribution < 1.29 is 4.43 Å². The van der Waals surface area contributed by atoms with Crippen LogP contribution in [0.1, 0.15) is 27.7 Å². The van der Waals surface area contributed by atoms with Crippen molar-refractivity contribution in [3.8, 4) is 0 Å². The fraction of sp³-hybridized carbons (Fsp3) is 1.00. The number of alkyl halides is 1. The lowest BCUT2D eigenvalue weighted by atomic mass is 10.3. The van der Waals surface area contributed by atoms with E-state index in [1.54, 1.807) is 0 Å². The van der Waals surface area contributed by atoms with Gasteiger partial charge in [-0.1, -0.05) is 27.7 Å². The van der Waals surface area contributed by atoms with Crippen LogP contribution in [0.15, 0.2) is 0 Å². The van der Waals surface area contributed by atoms with Gasteiger partial charge in [-0.25, -0.2) is 0 Å². The predicted octanol–water partition coefficient (Wildman–Crippen LogP) is 3.42. The zero-order valence-corrected chi connectivity index (χ0v) is 10.6. The molecule has 0 N–H and O–H groups in total. The van der Waals surface area contributed by atoms with Crippen molar-refractivity contribution in [2.75, 3.05) is 7.11 Å². The summed E-state index contributed by atoms with van der Waals surface area (Å²) in [5, 5.41) is 0.248. The lowest BCUT2D eigenvalue weighted by Crippen LogP contribution is -2.48. The van der Waals surface area contributed by atoms with E-state index in [0.29, 0.717) is 5.92 Å². The molecule has 0 fully saturated rings. The normalized spacial score (nSPS) is 15.2. The molecule has 0 radical (unpaired) electrons. The second kappa shape index (κ2) is 5.25. The fourth-order valence-corrected chi connectivity index (χ4v) is 6.14. The van der Waals surface area contributed by atoms with Gasteiger partial charge in [0.15, 0.2) is 0 Å². The summed E-state index contributed by atoms with van der Waals surface area (Å²) in [5.74, 6) is 0.526. The first-order valence-corrected chi connectivity index (χ1v) is 7.56. The molecule has 0 aliphatic rings. The van der Waals surface area contributed by atoms with Gasteiger partial charge in [0.05, 0.1) is 5.00 Å². The molecular weight excluding hydrogens is 188 g/mol.